The molecular formula is C15H20N4O. The van der Waals surface area contributed by atoms with Crippen molar-refractivity contribution in [2.45, 2.75) is 25.5 Å². The Kier molecular flexibility index (Phi) is 3.54. The van der Waals surface area contributed by atoms with E-state index in [1.54, 1.807) is 0 Å². The quantitative estimate of drug-likeness (QED) is 0.880. The number of aliphatic hydroxyl groups is 1. The van der Waals surface area contributed by atoms with Crippen molar-refractivity contribution in [1.29, 1.82) is 0 Å². The fourth-order valence-electron chi connectivity index (χ4n) is 2.82. The summed E-state index contributed by atoms with van der Waals surface area (Å²) in [4.78, 5) is 11.1. The molecule has 1 aliphatic carbocycles. The van der Waals surface area contributed by atoms with Gasteiger partial charge in [-0.1, -0.05) is 12.1 Å². The summed E-state index contributed by atoms with van der Waals surface area (Å²) < 4.78 is 0. The van der Waals surface area contributed by atoms with Gasteiger partial charge in [-0.15, -0.1) is 0 Å². The molecule has 0 spiro atoms. The van der Waals surface area contributed by atoms with Crippen molar-refractivity contribution in [2.75, 3.05) is 19.3 Å². The predicted molar refractivity (Wildman–Crippen MR) is 79.0 cm³/mol. The Labute approximate surface area is 118 Å². The van der Waals surface area contributed by atoms with Crippen LogP contribution in [0, 0.1) is 5.92 Å². The molecule has 2 aromatic rings. The van der Waals surface area contributed by atoms with Crippen LogP contribution in [0.3, 0.4) is 0 Å². The second-order valence-electron chi connectivity index (χ2n) is 5.73. The summed E-state index contributed by atoms with van der Waals surface area (Å²) in [5.74, 6) is 1.88. The van der Waals surface area contributed by atoms with Crippen molar-refractivity contribution in [3.8, 4) is 0 Å². The zero-order valence-corrected chi connectivity index (χ0v) is 11.7. The minimum atomic E-state index is -0.0963. The molecule has 20 heavy (non-hydrogen) atoms. The van der Waals surface area contributed by atoms with E-state index in [1.807, 2.05) is 24.3 Å². The Morgan fingerprint density at radius 2 is 2.05 bits per heavy atom. The highest BCUT2D eigenvalue weighted by molar-refractivity contribution is 5.87. The van der Waals surface area contributed by atoms with Crippen molar-refractivity contribution in [3.05, 3.63) is 30.1 Å². The Bertz CT molecular complexity index is 610. The lowest BCUT2D eigenvalue weighted by Gasteiger charge is -2.34. The summed E-state index contributed by atoms with van der Waals surface area (Å²) in [6.07, 6.45) is 1.72. The van der Waals surface area contributed by atoms with Crippen LogP contribution >= 0.6 is 0 Å². The van der Waals surface area contributed by atoms with E-state index in [1.165, 1.54) is 0 Å². The summed E-state index contributed by atoms with van der Waals surface area (Å²) in [5, 5.41) is 10.2. The van der Waals surface area contributed by atoms with Crippen LogP contribution < -0.4 is 5.73 Å². The van der Waals surface area contributed by atoms with Crippen LogP contribution in [0.4, 0.5) is 5.82 Å². The van der Waals surface area contributed by atoms with E-state index in [9.17, 15) is 5.11 Å². The number of fused-ring (bicyclic) bond motifs is 1. The maximum atomic E-state index is 9.32. The van der Waals surface area contributed by atoms with Gasteiger partial charge in [-0.25, -0.2) is 9.97 Å². The number of hydrogen-bond acceptors (Lipinski definition) is 5. The number of benzene rings is 1. The van der Waals surface area contributed by atoms with Gasteiger partial charge in [0.2, 0.25) is 0 Å². The molecule has 1 fully saturated rings. The third-order valence-electron chi connectivity index (χ3n) is 3.87. The minimum absolute atomic E-state index is 0.0963. The van der Waals surface area contributed by atoms with Crippen molar-refractivity contribution >= 4 is 16.7 Å². The zero-order valence-electron chi connectivity index (χ0n) is 11.7. The molecule has 3 rings (SSSR count). The maximum absolute atomic E-state index is 9.32. The molecule has 1 heterocycles. The third kappa shape index (κ3) is 2.73. The summed E-state index contributed by atoms with van der Waals surface area (Å²) in [6, 6.07) is 7.79. The van der Waals surface area contributed by atoms with Crippen LogP contribution in [0.25, 0.3) is 10.9 Å². The highest BCUT2D eigenvalue weighted by atomic mass is 16.3. The van der Waals surface area contributed by atoms with E-state index in [0.717, 1.165) is 36.1 Å². The second-order valence-corrected chi connectivity index (χ2v) is 5.73. The molecule has 0 bridgehead atoms. The Morgan fingerprint density at radius 1 is 1.30 bits per heavy atom. The van der Waals surface area contributed by atoms with Crippen molar-refractivity contribution in [2.24, 2.45) is 5.92 Å². The summed E-state index contributed by atoms with van der Waals surface area (Å²) in [7, 11) is 2.06. The molecule has 3 N–H and O–H groups in total. The van der Waals surface area contributed by atoms with Crippen LogP contribution in [-0.2, 0) is 6.54 Å². The van der Waals surface area contributed by atoms with Gasteiger partial charge < -0.3 is 10.8 Å². The van der Waals surface area contributed by atoms with Gasteiger partial charge in [0.1, 0.15) is 11.6 Å². The first kappa shape index (κ1) is 13.3. The van der Waals surface area contributed by atoms with Gasteiger partial charge >= 0.3 is 0 Å². The molecule has 5 nitrogen and oxygen atoms in total. The molecule has 0 aliphatic heterocycles. The minimum Gasteiger partial charge on any atom is -0.393 e. The van der Waals surface area contributed by atoms with Gasteiger partial charge in [-0.2, -0.15) is 0 Å². The number of nitrogen functional groups attached to an aromatic ring is 1. The highest BCUT2D eigenvalue weighted by Gasteiger charge is 2.28. The fraction of sp³-hybridized carbons (Fsp3) is 0.467. The normalized spacial score (nSPS) is 22.1. The fourth-order valence-corrected chi connectivity index (χ4v) is 2.82. The Hall–Kier alpha value is -1.72. The molecule has 0 radical (unpaired) electrons. The predicted octanol–water partition coefficient (Wildman–Crippen LogP) is 1.41. The lowest BCUT2D eigenvalue weighted by Crippen LogP contribution is -2.37. The highest BCUT2D eigenvalue weighted by Crippen LogP contribution is 2.28. The SMILES string of the molecule is CN(Cc1nc(N)c2ccccc2n1)CC1CC(O)C1. The van der Waals surface area contributed by atoms with Gasteiger partial charge in [-0.3, -0.25) is 4.90 Å². The first-order valence-corrected chi connectivity index (χ1v) is 6.99. The molecule has 1 aromatic heterocycles. The van der Waals surface area contributed by atoms with Crippen LogP contribution in [0.15, 0.2) is 24.3 Å². The van der Waals surface area contributed by atoms with Crippen LogP contribution in [0.2, 0.25) is 0 Å². The monoisotopic (exact) mass is 272 g/mol. The van der Waals surface area contributed by atoms with Crippen LogP contribution in [0.1, 0.15) is 18.7 Å². The van der Waals surface area contributed by atoms with E-state index >= 15 is 0 Å². The second kappa shape index (κ2) is 5.34. The lowest BCUT2D eigenvalue weighted by atomic mass is 9.82. The maximum Gasteiger partial charge on any atom is 0.145 e. The van der Waals surface area contributed by atoms with E-state index in [-0.39, 0.29) is 6.10 Å². The first-order chi connectivity index (χ1) is 9.61. The number of rotatable bonds is 4. The number of hydrogen-bond donors (Lipinski definition) is 2. The van der Waals surface area contributed by atoms with Gasteiger partial charge in [0, 0.05) is 11.9 Å². The Morgan fingerprint density at radius 3 is 2.80 bits per heavy atom. The van der Waals surface area contributed by atoms with Crippen LogP contribution in [-0.4, -0.2) is 39.7 Å². The number of aromatic nitrogens is 2. The third-order valence-corrected chi connectivity index (χ3v) is 3.87. The van der Waals surface area contributed by atoms with E-state index in [4.69, 9.17) is 5.73 Å². The molecule has 0 atom stereocenters. The number of aliphatic hydroxyl groups excluding tert-OH is 1. The van der Waals surface area contributed by atoms with Crippen LogP contribution in [0.5, 0.6) is 0 Å². The Balaban J connectivity index is 1.70. The standard InChI is InChI=1S/C15H20N4O/c1-19(8-10-6-11(20)7-10)9-14-17-13-5-3-2-4-12(13)15(16)18-14/h2-5,10-11,20H,6-9H2,1H3,(H2,16,17,18). The molecule has 1 saturated carbocycles. The molecule has 0 saturated heterocycles. The topological polar surface area (TPSA) is 75.3 Å². The average molecular weight is 272 g/mol. The molecule has 1 aromatic carbocycles. The largest absolute Gasteiger partial charge is 0.393 e. The summed E-state index contributed by atoms with van der Waals surface area (Å²) in [6.45, 7) is 1.65. The summed E-state index contributed by atoms with van der Waals surface area (Å²) >= 11 is 0. The molecular weight excluding hydrogens is 252 g/mol. The first-order valence-electron chi connectivity index (χ1n) is 6.99. The molecule has 1 aliphatic rings. The number of anilines is 1. The molecule has 5 heteroatoms. The zero-order chi connectivity index (χ0) is 14.1. The molecule has 0 unspecified atom stereocenters. The number of para-hydroxylation sites is 1. The van der Waals surface area contributed by atoms with Gasteiger partial charge in [0.15, 0.2) is 0 Å². The average Bonchev–Trinajstić information content (AvgIpc) is 2.37. The molecule has 106 valence electrons. The van der Waals surface area contributed by atoms with Gasteiger partial charge in [-0.05, 0) is 37.9 Å². The smallest absolute Gasteiger partial charge is 0.145 e. The summed E-state index contributed by atoms with van der Waals surface area (Å²) in [5.41, 5.74) is 6.88. The van der Waals surface area contributed by atoms with Gasteiger partial charge in [0.25, 0.3) is 0 Å². The van der Waals surface area contributed by atoms with Gasteiger partial charge in [0.05, 0.1) is 18.2 Å². The van der Waals surface area contributed by atoms with Crippen molar-refractivity contribution in [3.63, 3.8) is 0 Å². The van der Waals surface area contributed by atoms with E-state index in [2.05, 4.69) is 21.9 Å². The van der Waals surface area contributed by atoms with Crippen molar-refractivity contribution < 1.29 is 5.11 Å². The lowest BCUT2D eigenvalue weighted by molar-refractivity contribution is 0.0271. The van der Waals surface area contributed by atoms with Crippen molar-refractivity contribution in [1.82, 2.24) is 14.9 Å². The number of nitrogens with zero attached hydrogens (tertiary/aromatic N) is 3. The van der Waals surface area contributed by atoms with E-state index in [0.29, 0.717) is 18.3 Å². The molecule has 0 amide bonds. The number of nitrogens with two attached hydrogens (primary N) is 1. The van der Waals surface area contributed by atoms with E-state index < -0.39 is 0 Å².